The Morgan fingerprint density at radius 2 is 1.71 bits per heavy atom. The number of amides is 1. The van der Waals surface area contributed by atoms with Crippen LogP contribution in [0.5, 0.6) is 0 Å². The third kappa shape index (κ3) is 6.35. The van der Waals surface area contributed by atoms with E-state index in [2.05, 4.69) is 4.90 Å². The smallest absolute Gasteiger partial charge is 0.254 e. The zero-order chi connectivity index (χ0) is 31.9. The zero-order valence-corrected chi connectivity index (χ0v) is 27.6. The number of hydrogen-bond acceptors (Lipinski definition) is 3. The first-order chi connectivity index (χ1) is 21.6. The van der Waals surface area contributed by atoms with Crippen molar-refractivity contribution in [2.24, 2.45) is 0 Å². The second-order valence-corrected chi connectivity index (χ2v) is 14.3. The lowest BCUT2D eigenvalue weighted by atomic mass is 9.74. The molecule has 1 fully saturated rings. The van der Waals surface area contributed by atoms with Crippen molar-refractivity contribution in [1.29, 1.82) is 0 Å². The van der Waals surface area contributed by atoms with E-state index in [1.807, 2.05) is 16.4 Å². The van der Waals surface area contributed by atoms with E-state index >= 15 is 0 Å². The fourth-order valence-electron chi connectivity index (χ4n) is 6.99. The van der Waals surface area contributed by atoms with Gasteiger partial charge in [0.2, 0.25) is 0 Å². The third-order valence-electron chi connectivity index (χ3n) is 9.52. The van der Waals surface area contributed by atoms with E-state index in [0.717, 1.165) is 55.7 Å². The molecule has 0 saturated carbocycles. The Hall–Kier alpha value is -3.04. The second kappa shape index (κ2) is 13.0. The van der Waals surface area contributed by atoms with Crippen LogP contribution in [-0.2, 0) is 16.4 Å². The Bertz CT molecular complexity index is 1780. The predicted octanol–water partition coefficient (Wildman–Crippen LogP) is 7.82. The number of likely N-dealkylation sites (tertiary alicyclic amines) is 1. The predicted molar refractivity (Wildman–Crippen MR) is 180 cm³/mol. The topological polar surface area (TPSA) is 43.9 Å². The number of anilines is 1. The van der Waals surface area contributed by atoms with Crippen molar-refractivity contribution in [1.82, 2.24) is 9.80 Å². The van der Waals surface area contributed by atoms with Crippen LogP contribution in [0.2, 0.25) is 10.0 Å². The van der Waals surface area contributed by atoms with Gasteiger partial charge in [0.1, 0.15) is 22.6 Å². The molecule has 45 heavy (non-hydrogen) atoms. The monoisotopic (exact) mass is 669 g/mol. The van der Waals surface area contributed by atoms with Crippen LogP contribution in [0, 0.1) is 11.6 Å². The van der Waals surface area contributed by atoms with Gasteiger partial charge < -0.3 is 9.80 Å². The van der Waals surface area contributed by atoms with Gasteiger partial charge in [-0.05, 0) is 97.9 Å². The van der Waals surface area contributed by atoms with Crippen LogP contribution in [0.25, 0.3) is 10.8 Å². The Morgan fingerprint density at radius 3 is 2.42 bits per heavy atom. The van der Waals surface area contributed by atoms with Crippen LogP contribution in [0.3, 0.4) is 0 Å². The number of likely N-dealkylation sites (N-methyl/N-ethyl adjacent to an activating group) is 1. The van der Waals surface area contributed by atoms with E-state index in [1.54, 1.807) is 66.7 Å². The normalized spacial score (nSPS) is 17.4. The highest BCUT2D eigenvalue weighted by Crippen LogP contribution is 2.48. The number of piperidine rings is 1. The maximum atomic E-state index is 14.5. The second-order valence-electron chi connectivity index (χ2n) is 12.2. The molecule has 2 aliphatic heterocycles. The van der Waals surface area contributed by atoms with Crippen LogP contribution in [-0.4, -0.2) is 65.9 Å². The Morgan fingerprint density at radius 1 is 0.978 bits per heavy atom. The van der Waals surface area contributed by atoms with E-state index in [1.165, 1.54) is 12.1 Å². The average Bonchev–Trinajstić information content (AvgIpc) is 3.34. The summed E-state index contributed by atoms with van der Waals surface area (Å²) in [7, 11) is 0.587. The van der Waals surface area contributed by atoms with Crippen LogP contribution < -0.4 is 4.31 Å². The fourth-order valence-corrected chi connectivity index (χ4v) is 8.16. The molecular formula is C35H35Cl2F2N3O2S. The number of halogens is 4. The molecule has 0 bridgehead atoms. The highest BCUT2D eigenvalue weighted by Gasteiger charge is 2.46. The summed E-state index contributed by atoms with van der Waals surface area (Å²) < 4.78 is 43.2. The Kier molecular flexibility index (Phi) is 9.21. The first kappa shape index (κ1) is 31.9. The molecule has 4 aromatic rings. The fraction of sp³-hybridized carbons (Fsp3) is 0.343. The summed E-state index contributed by atoms with van der Waals surface area (Å²) >= 11 is 12.7. The molecule has 2 aliphatic rings. The van der Waals surface area contributed by atoms with E-state index in [-0.39, 0.29) is 28.9 Å². The van der Waals surface area contributed by atoms with Gasteiger partial charge in [-0.15, -0.1) is 0 Å². The largest absolute Gasteiger partial charge is 0.341 e. The summed E-state index contributed by atoms with van der Waals surface area (Å²) in [4.78, 5) is 17.8. The molecule has 1 spiro atoms. The van der Waals surface area contributed by atoms with Crippen LogP contribution in [0.1, 0.15) is 46.7 Å². The van der Waals surface area contributed by atoms with Crippen molar-refractivity contribution in [2.75, 3.05) is 50.3 Å². The standard InChI is InChI=1S/C35H35Cl2F2N3O2S/c1-40(34(43)28-9-11-32(39)27-6-4-3-5-26(27)28)21-24(23-7-10-30(36)31(37)19-23)13-16-41-17-14-35(15-18-41)22-42(45(2)44)33-12-8-25(38)20-29(33)35/h3-12,19-20,24H,13-18,21-22H2,1-2H3. The van der Waals surface area contributed by atoms with Gasteiger partial charge in [-0.25, -0.2) is 13.0 Å². The van der Waals surface area contributed by atoms with Gasteiger partial charge in [-0.2, -0.15) is 0 Å². The Balaban J connectivity index is 1.18. The summed E-state index contributed by atoms with van der Waals surface area (Å²) in [6.45, 7) is 3.50. The lowest BCUT2D eigenvalue weighted by Crippen LogP contribution is -2.46. The van der Waals surface area contributed by atoms with Gasteiger partial charge >= 0.3 is 0 Å². The van der Waals surface area contributed by atoms with Gasteiger partial charge in [0.15, 0.2) is 0 Å². The van der Waals surface area contributed by atoms with Crippen molar-refractivity contribution in [2.45, 2.75) is 30.6 Å². The minimum Gasteiger partial charge on any atom is -0.341 e. The van der Waals surface area contributed by atoms with Gasteiger partial charge in [0.05, 0.1) is 15.7 Å². The quantitative estimate of drug-likeness (QED) is 0.192. The number of hydrogen-bond donors (Lipinski definition) is 0. The molecule has 2 atom stereocenters. The molecule has 1 amide bonds. The van der Waals surface area contributed by atoms with Gasteiger partial charge in [-0.3, -0.25) is 9.10 Å². The molecule has 10 heteroatoms. The van der Waals surface area contributed by atoms with Gasteiger partial charge in [-0.1, -0.05) is 53.5 Å². The summed E-state index contributed by atoms with van der Waals surface area (Å²) in [5.41, 5.74) is 3.04. The molecule has 5 nitrogen and oxygen atoms in total. The van der Waals surface area contributed by atoms with Crippen LogP contribution in [0.4, 0.5) is 14.5 Å². The number of carbonyl (C=O) groups is 1. The van der Waals surface area contributed by atoms with Crippen molar-refractivity contribution in [3.05, 3.63) is 111 Å². The molecule has 0 aromatic heterocycles. The van der Waals surface area contributed by atoms with Gasteiger partial charge in [0.25, 0.3) is 5.91 Å². The number of nitrogens with zero attached hydrogens (tertiary/aromatic N) is 3. The molecule has 0 N–H and O–H groups in total. The SMILES string of the molecule is CN(CC(CCN1CCC2(CC1)CN(S(C)=O)c1ccc(F)cc12)c1ccc(Cl)c(Cl)c1)C(=O)c1ccc(F)c2ccccc12. The highest BCUT2D eigenvalue weighted by molar-refractivity contribution is 7.85. The van der Waals surface area contributed by atoms with E-state index in [0.29, 0.717) is 39.5 Å². The number of rotatable bonds is 8. The molecule has 0 aliphatic carbocycles. The highest BCUT2D eigenvalue weighted by atomic mass is 35.5. The summed E-state index contributed by atoms with van der Waals surface area (Å²) in [5, 5.41) is 1.93. The molecule has 0 radical (unpaired) electrons. The zero-order valence-electron chi connectivity index (χ0n) is 25.2. The average molecular weight is 671 g/mol. The van der Waals surface area contributed by atoms with Crippen molar-refractivity contribution in [3.8, 4) is 0 Å². The molecule has 4 aromatic carbocycles. The lowest BCUT2D eigenvalue weighted by molar-refractivity contribution is 0.0782. The number of fused-ring (bicyclic) bond motifs is 3. The first-order valence-electron chi connectivity index (χ1n) is 15.1. The van der Waals surface area contributed by atoms with Crippen molar-refractivity contribution >= 4 is 56.6 Å². The minimum absolute atomic E-state index is 0.0318. The third-order valence-corrected chi connectivity index (χ3v) is 11.2. The molecule has 1 saturated heterocycles. The minimum atomic E-state index is -1.19. The maximum Gasteiger partial charge on any atom is 0.254 e. The summed E-state index contributed by atoms with van der Waals surface area (Å²) in [6.07, 6.45) is 4.11. The molecule has 2 unspecified atom stereocenters. The van der Waals surface area contributed by atoms with Gasteiger partial charge in [0, 0.05) is 48.7 Å². The van der Waals surface area contributed by atoms with Crippen LogP contribution in [0.15, 0.2) is 72.8 Å². The first-order valence-corrected chi connectivity index (χ1v) is 17.3. The number of benzene rings is 4. The molecular weight excluding hydrogens is 635 g/mol. The molecule has 236 valence electrons. The maximum absolute atomic E-state index is 14.5. The molecule has 2 heterocycles. The summed E-state index contributed by atoms with van der Waals surface area (Å²) in [6, 6.07) is 20.3. The lowest BCUT2D eigenvalue weighted by Gasteiger charge is -2.40. The van der Waals surface area contributed by atoms with Crippen LogP contribution >= 0.6 is 23.2 Å². The van der Waals surface area contributed by atoms with E-state index < -0.39 is 11.0 Å². The summed E-state index contributed by atoms with van der Waals surface area (Å²) in [5.74, 6) is -0.837. The number of carbonyl (C=O) groups excluding carboxylic acids is 1. The van der Waals surface area contributed by atoms with Crippen molar-refractivity contribution in [3.63, 3.8) is 0 Å². The van der Waals surface area contributed by atoms with E-state index in [9.17, 15) is 17.8 Å². The molecule has 6 rings (SSSR count). The van der Waals surface area contributed by atoms with Crippen molar-refractivity contribution < 1.29 is 17.8 Å². The Labute approximate surface area is 275 Å². The van der Waals surface area contributed by atoms with E-state index in [4.69, 9.17) is 23.2 Å².